The fourth-order valence-corrected chi connectivity index (χ4v) is 2.35. The van der Waals surface area contributed by atoms with Gasteiger partial charge in [0.2, 0.25) is 5.91 Å². The largest absolute Gasteiger partial charge is 0.342 e. The van der Waals surface area contributed by atoms with Crippen LogP contribution in [-0.4, -0.2) is 37.0 Å². The number of amides is 1. The zero-order chi connectivity index (χ0) is 11.8. The monoisotopic (exact) mass is 226 g/mol. The van der Waals surface area contributed by atoms with Crippen molar-refractivity contribution in [3.05, 3.63) is 0 Å². The summed E-state index contributed by atoms with van der Waals surface area (Å²) in [5.74, 6) is 1.01. The van der Waals surface area contributed by atoms with Crippen LogP contribution in [0.2, 0.25) is 0 Å². The Balaban J connectivity index is 2.39. The summed E-state index contributed by atoms with van der Waals surface area (Å²) in [7, 11) is 0. The predicted octanol–water partition coefficient (Wildman–Crippen LogP) is 2.02. The maximum absolute atomic E-state index is 11.9. The molecule has 16 heavy (non-hydrogen) atoms. The van der Waals surface area contributed by atoms with Crippen LogP contribution in [0.5, 0.6) is 0 Å². The molecule has 1 saturated heterocycles. The lowest BCUT2D eigenvalue weighted by molar-refractivity contribution is -0.132. The van der Waals surface area contributed by atoms with Crippen LogP contribution in [0.1, 0.15) is 46.0 Å². The molecule has 1 N–H and O–H groups in total. The minimum atomic E-state index is 0.343. The highest BCUT2D eigenvalue weighted by atomic mass is 16.2. The summed E-state index contributed by atoms with van der Waals surface area (Å²) < 4.78 is 0. The van der Waals surface area contributed by atoms with Crippen molar-refractivity contribution in [1.82, 2.24) is 10.2 Å². The van der Waals surface area contributed by atoms with Crippen molar-refractivity contribution < 1.29 is 4.79 Å². The third-order valence-corrected chi connectivity index (χ3v) is 3.19. The minimum Gasteiger partial charge on any atom is -0.342 e. The Hall–Kier alpha value is -0.570. The quantitative estimate of drug-likeness (QED) is 0.751. The van der Waals surface area contributed by atoms with Gasteiger partial charge in [0.25, 0.3) is 0 Å². The molecule has 3 heteroatoms. The van der Waals surface area contributed by atoms with E-state index in [1.807, 2.05) is 0 Å². The number of rotatable bonds is 6. The van der Waals surface area contributed by atoms with Gasteiger partial charge >= 0.3 is 0 Å². The van der Waals surface area contributed by atoms with Gasteiger partial charge in [-0.25, -0.2) is 0 Å². The fraction of sp³-hybridized carbons (Fsp3) is 0.923. The molecule has 3 nitrogen and oxygen atoms in total. The lowest BCUT2D eigenvalue weighted by atomic mass is 9.99. The number of hydrogen-bond donors (Lipinski definition) is 1. The Morgan fingerprint density at radius 1 is 1.38 bits per heavy atom. The average molecular weight is 226 g/mol. The van der Waals surface area contributed by atoms with Crippen molar-refractivity contribution in [2.24, 2.45) is 5.92 Å². The molecule has 0 spiro atoms. The van der Waals surface area contributed by atoms with Gasteiger partial charge in [-0.3, -0.25) is 4.79 Å². The van der Waals surface area contributed by atoms with Gasteiger partial charge in [-0.1, -0.05) is 13.8 Å². The van der Waals surface area contributed by atoms with E-state index in [0.717, 1.165) is 39.0 Å². The summed E-state index contributed by atoms with van der Waals surface area (Å²) in [5, 5.41) is 3.42. The molecule has 0 saturated carbocycles. The van der Waals surface area contributed by atoms with Crippen LogP contribution in [-0.2, 0) is 4.79 Å². The number of nitrogens with one attached hydrogen (secondary N) is 1. The van der Waals surface area contributed by atoms with Crippen LogP contribution < -0.4 is 5.32 Å². The fourth-order valence-electron chi connectivity index (χ4n) is 2.35. The number of carbonyl (C=O) groups is 1. The van der Waals surface area contributed by atoms with Crippen LogP contribution in [0.4, 0.5) is 0 Å². The molecule has 0 aliphatic carbocycles. The maximum atomic E-state index is 11.9. The second-order valence-electron chi connectivity index (χ2n) is 4.80. The first-order chi connectivity index (χ1) is 7.77. The van der Waals surface area contributed by atoms with Gasteiger partial charge in [-0.15, -0.1) is 0 Å². The first kappa shape index (κ1) is 13.5. The van der Waals surface area contributed by atoms with E-state index in [2.05, 4.69) is 24.1 Å². The highest BCUT2D eigenvalue weighted by molar-refractivity contribution is 5.76. The second-order valence-corrected chi connectivity index (χ2v) is 4.80. The first-order valence-corrected chi connectivity index (χ1v) is 6.76. The summed E-state index contributed by atoms with van der Waals surface area (Å²) in [6, 6.07) is 0. The molecule has 1 aliphatic rings. The molecule has 94 valence electrons. The Morgan fingerprint density at radius 3 is 2.75 bits per heavy atom. The smallest absolute Gasteiger partial charge is 0.222 e. The van der Waals surface area contributed by atoms with Crippen LogP contribution >= 0.6 is 0 Å². The number of nitrogens with zero attached hydrogens (tertiary/aromatic N) is 1. The van der Waals surface area contributed by atoms with E-state index in [1.165, 1.54) is 12.8 Å². The maximum Gasteiger partial charge on any atom is 0.222 e. The first-order valence-electron chi connectivity index (χ1n) is 6.76. The molecule has 1 amide bonds. The SMILES string of the molecule is CCCC(=O)N(CCC)CC1CCCNC1. The lowest BCUT2D eigenvalue weighted by Crippen LogP contribution is -2.41. The summed E-state index contributed by atoms with van der Waals surface area (Å²) in [4.78, 5) is 14.0. The Labute approximate surface area is 99.6 Å². The van der Waals surface area contributed by atoms with Crippen LogP contribution in [0.3, 0.4) is 0 Å². The second kappa shape index (κ2) is 7.66. The Bertz CT molecular complexity index is 200. The average Bonchev–Trinajstić information content (AvgIpc) is 2.30. The van der Waals surface area contributed by atoms with Gasteiger partial charge in [0.1, 0.15) is 0 Å². The van der Waals surface area contributed by atoms with E-state index in [4.69, 9.17) is 0 Å². The third-order valence-electron chi connectivity index (χ3n) is 3.19. The highest BCUT2D eigenvalue weighted by Crippen LogP contribution is 2.13. The van der Waals surface area contributed by atoms with E-state index in [1.54, 1.807) is 0 Å². The molecule has 1 atom stereocenters. The summed E-state index contributed by atoms with van der Waals surface area (Å²) >= 11 is 0. The van der Waals surface area contributed by atoms with Crippen molar-refractivity contribution in [2.45, 2.75) is 46.0 Å². The molecular weight excluding hydrogens is 200 g/mol. The third kappa shape index (κ3) is 4.52. The number of hydrogen-bond acceptors (Lipinski definition) is 2. The lowest BCUT2D eigenvalue weighted by Gasteiger charge is -2.30. The molecule has 1 rings (SSSR count). The van der Waals surface area contributed by atoms with Crippen molar-refractivity contribution in [3.63, 3.8) is 0 Å². The van der Waals surface area contributed by atoms with Crippen molar-refractivity contribution in [3.8, 4) is 0 Å². The molecule has 1 heterocycles. The number of piperidine rings is 1. The van der Waals surface area contributed by atoms with Crippen LogP contribution in [0.25, 0.3) is 0 Å². The van der Waals surface area contributed by atoms with Crippen molar-refractivity contribution >= 4 is 5.91 Å². The topological polar surface area (TPSA) is 32.3 Å². The molecule has 0 bridgehead atoms. The van der Waals surface area contributed by atoms with Gasteiger partial charge in [0, 0.05) is 19.5 Å². The highest BCUT2D eigenvalue weighted by Gasteiger charge is 2.19. The molecule has 1 fully saturated rings. The van der Waals surface area contributed by atoms with Crippen LogP contribution in [0, 0.1) is 5.92 Å². The molecule has 0 aromatic heterocycles. The normalized spacial score (nSPS) is 20.8. The van der Waals surface area contributed by atoms with Crippen molar-refractivity contribution in [1.29, 1.82) is 0 Å². The van der Waals surface area contributed by atoms with E-state index in [-0.39, 0.29) is 0 Å². The van der Waals surface area contributed by atoms with E-state index in [9.17, 15) is 4.79 Å². The molecule has 0 aromatic carbocycles. The number of carbonyl (C=O) groups excluding carboxylic acids is 1. The molecule has 1 unspecified atom stereocenters. The zero-order valence-corrected chi connectivity index (χ0v) is 10.8. The molecule has 1 aliphatic heterocycles. The van der Waals surface area contributed by atoms with Gasteiger partial charge in [-0.05, 0) is 44.7 Å². The Kier molecular flexibility index (Phi) is 6.46. The van der Waals surface area contributed by atoms with Crippen molar-refractivity contribution in [2.75, 3.05) is 26.2 Å². The predicted molar refractivity (Wildman–Crippen MR) is 67.4 cm³/mol. The van der Waals surface area contributed by atoms with E-state index in [0.29, 0.717) is 18.2 Å². The van der Waals surface area contributed by atoms with Gasteiger partial charge in [0.05, 0.1) is 0 Å². The van der Waals surface area contributed by atoms with E-state index >= 15 is 0 Å². The molecule has 0 radical (unpaired) electrons. The summed E-state index contributed by atoms with van der Waals surface area (Å²) in [5.41, 5.74) is 0. The molecule has 0 aromatic rings. The van der Waals surface area contributed by atoms with Gasteiger partial charge in [0.15, 0.2) is 0 Å². The molecular formula is C13H26N2O. The minimum absolute atomic E-state index is 0.343. The Morgan fingerprint density at radius 2 is 2.19 bits per heavy atom. The van der Waals surface area contributed by atoms with Gasteiger partial charge < -0.3 is 10.2 Å². The zero-order valence-electron chi connectivity index (χ0n) is 10.8. The standard InChI is InChI=1S/C13H26N2O/c1-3-6-13(16)15(9-4-2)11-12-7-5-8-14-10-12/h12,14H,3-11H2,1-2H3. The van der Waals surface area contributed by atoms with Gasteiger partial charge in [-0.2, -0.15) is 0 Å². The summed E-state index contributed by atoms with van der Waals surface area (Å²) in [6.07, 6.45) is 5.26. The van der Waals surface area contributed by atoms with Crippen LogP contribution in [0.15, 0.2) is 0 Å². The van der Waals surface area contributed by atoms with E-state index < -0.39 is 0 Å². The summed E-state index contributed by atoms with van der Waals surface area (Å²) in [6.45, 7) is 8.33.